The Kier molecular flexibility index (Phi) is 4.49. The molecule has 15 heavy (non-hydrogen) atoms. The minimum Gasteiger partial charge on any atom is -0.300 e. The molecule has 90 valence electrons. The Labute approximate surface area is 101 Å². The zero-order chi connectivity index (χ0) is 10.2. The Balaban J connectivity index is 0.00000112. The first-order chi connectivity index (χ1) is 6.68. The van der Waals surface area contributed by atoms with Crippen LogP contribution in [-0.2, 0) is 0 Å². The molecule has 0 aromatic heterocycles. The summed E-state index contributed by atoms with van der Waals surface area (Å²) in [5, 5.41) is 0. The van der Waals surface area contributed by atoms with Gasteiger partial charge in [-0.3, -0.25) is 0 Å². The highest BCUT2D eigenvalue weighted by atomic mass is 35.5. The summed E-state index contributed by atoms with van der Waals surface area (Å²) < 4.78 is 0. The van der Waals surface area contributed by atoms with Gasteiger partial charge in [0.15, 0.2) is 0 Å². The van der Waals surface area contributed by atoms with Gasteiger partial charge in [-0.05, 0) is 38.0 Å². The largest absolute Gasteiger partial charge is 0.300 e. The number of likely N-dealkylation sites (tertiary alicyclic amines) is 1. The van der Waals surface area contributed by atoms with Gasteiger partial charge >= 0.3 is 0 Å². The lowest BCUT2D eigenvalue weighted by Crippen LogP contribution is -2.31. The Hall–Kier alpha value is 0.250. The first kappa shape index (κ1) is 13.3. The van der Waals surface area contributed by atoms with Crippen LogP contribution in [0.4, 0.5) is 0 Å². The van der Waals surface area contributed by atoms with Crippen molar-refractivity contribution in [1.29, 1.82) is 0 Å². The highest BCUT2D eigenvalue weighted by Gasteiger charge is 2.58. The second-order valence-corrected chi connectivity index (χ2v) is 5.74. The molecular weight excluding hydrogens is 206 g/mol. The van der Waals surface area contributed by atoms with Gasteiger partial charge in [0, 0.05) is 19.1 Å². The van der Waals surface area contributed by atoms with Crippen molar-refractivity contribution >= 4 is 12.4 Å². The number of piperidine rings is 1. The summed E-state index contributed by atoms with van der Waals surface area (Å²) in [4.78, 5) is 2.68. The van der Waals surface area contributed by atoms with Crippen molar-refractivity contribution in [2.24, 2.45) is 11.3 Å². The van der Waals surface area contributed by atoms with Crippen molar-refractivity contribution in [2.45, 2.75) is 58.9 Å². The van der Waals surface area contributed by atoms with E-state index >= 15 is 0 Å². The third kappa shape index (κ3) is 2.68. The minimum atomic E-state index is 0. The number of fused-ring (bicyclic) bond motifs is 1. The van der Waals surface area contributed by atoms with E-state index in [4.69, 9.17) is 0 Å². The molecule has 2 fully saturated rings. The molecule has 1 saturated heterocycles. The molecule has 1 aliphatic heterocycles. The average molecular weight is 232 g/mol. The summed E-state index contributed by atoms with van der Waals surface area (Å²) >= 11 is 0. The standard InChI is InChI=1S/C13H25N.ClH/c1-4-5-6-7-13-8-12(13)9-14(10-13)11(2)3;/h11-12H,4-10H2,1-3H3;1H. The van der Waals surface area contributed by atoms with E-state index in [0.29, 0.717) is 0 Å². The predicted octanol–water partition coefficient (Wildman–Crippen LogP) is 3.72. The summed E-state index contributed by atoms with van der Waals surface area (Å²) in [5.41, 5.74) is 0.791. The Morgan fingerprint density at radius 3 is 2.60 bits per heavy atom. The van der Waals surface area contributed by atoms with E-state index in [-0.39, 0.29) is 12.4 Å². The van der Waals surface area contributed by atoms with Gasteiger partial charge in [-0.15, -0.1) is 12.4 Å². The van der Waals surface area contributed by atoms with Gasteiger partial charge in [-0.25, -0.2) is 0 Å². The van der Waals surface area contributed by atoms with Crippen molar-refractivity contribution < 1.29 is 0 Å². The van der Waals surface area contributed by atoms with Gasteiger partial charge in [-0.1, -0.05) is 26.2 Å². The Bertz CT molecular complexity index is 205. The lowest BCUT2D eigenvalue weighted by atomic mass is 9.97. The predicted molar refractivity (Wildman–Crippen MR) is 68.6 cm³/mol. The van der Waals surface area contributed by atoms with E-state index in [2.05, 4.69) is 25.7 Å². The lowest BCUT2D eigenvalue weighted by molar-refractivity contribution is 0.224. The second-order valence-electron chi connectivity index (χ2n) is 5.74. The molecule has 0 aromatic rings. The topological polar surface area (TPSA) is 3.24 Å². The molecule has 0 N–H and O–H groups in total. The third-order valence-corrected chi connectivity index (χ3v) is 4.34. The lowest BCUT2D eigenvalue weighted by Gasteiger charge is -2.24. The highest BCUT2D eigenvalue weighted by molar-refractivity contribution is 5.85. The van der Waals surface area contributed by atoms with Crippen LogP contribution in [0.5, 0.6) is 0 Å². The van der Waals surface area contributed by atoms with Crippen LogP contribution >= 0.6 is 12.4 Å². The van der Waals surface area contributed by atoms with E-state index < -0.39 is 0 Å². The van der Waals surface area contributed by atoms with Gasteiger partial charge in [0.1, 0.15) is 0 Å². The fourth-order valence-corrected chi connectivity index (χ4v) is 3.14. The smallest absolute Gasteiger partial charge is 0.00441 e. The van der Waals surface area contributed by atoms with Crippen molar-refractivity contribution in [3.63, 3.8) is 0 Å². The monoisotopic (exact) mass is 231 g/mol. The molecule has 2 heteroatoms. The van der Waals surface area contributed by atoms with E-state index in [1.165, 1.54) is 38.8 Å². The Morgan fingerprint density at radius 1 is 1.33 bits per heavy atom. The fraction of sp³-hybridized carbons (Fsp3) is 1.00. The van der Waals surface area contributed by atoms with Crippen LogP contribution in [0.1, 0.15) is 52.9 Å². The quantitative estimate of drug-likeness (QED) is 0.652. The molecule has 0 aromatic carbocycles. The molecule has 1 aliphatic carbocycles. The molecule has 0 bridgehead atoms. The molecule has 2 unspecified atom stereocenters. The molecule has 0 amide bonds. The average Bonchev–Trinajstić information content (AvgIpc) is 2.69. The van der Waals surface area contributed by atoms with Crippen molar-refractivity contribution in [1.82, 2.24) is 4.90 Å². The maximum atomic E-state index is 2.68. The summed E-state index contributed by atoms with van der Waals surface area (Å²) in [5.74, 6) is 1.07. The zero-order valence-corrected chi connectivity index (χ0v) is 11.3. The summed E-state index contributed by atoms with van der Waals surface area (Å²) in [6.45, 7) is 9.77. The van der Waals surface area contributed by atoms with Crippen LogP contribution in [0.15, 0.2) is 0 Å². The summed E-state index contributed by atoms with van der Waals surface area (Å²) in [7, 11) is 0. The van der Waals surface area contributed by atoms with Crippen molar-refractivity contribution in [3.05, 3.63) is 0 Å². The number of rotatable bonds is 5. The molecule has 2 aliphatic rings. The van der Waals surface area contributed by atoms with Crippen LogP contribution in [-0.4, -0.2) is 24.0 Å². The van der Waals surface area contributed by atoms with Crippen LogP contribution in [0.2, 0.25) is 0 Å². The second kappa shape index (κ2) is 5.05. The SMILES string of the molecule is CCCCCC12CC1CN(C(C)C)C2.Cl. The molecule has 1 saturated carbocycles. The van der Waals surface area contributed by atoms with Crippen LogP contribution < -0.4 is 0 Å². The normalized spacial score (nSPS) is 34.0. The molecular formula is C13H26ClN. The number of hydrogen-bond donors (Lipinski definition) is 0. The first-order valence-electron chi connectivity index (χ1n) is 6.42. The maximum absolute atomic E-state index is 2.68. The fourth-order valence-electron chi connectivity index (χ4n) is 3.14. The third-order valence-electron chi connectivity index (χ3n) is 4.34. The van der Waals surface area contributed by atoms with Crippen molar-refractivity contribution in [2.75, 3.05) is 13.1 Å². The molecule has 1 heterocycles. The number of nitrogens with zero attached hydrogens (tertiary/aromatic N) is 1. The number of hydrogen-bond acceptors (Lipinski definition) is 1. The van der Waals surface area contributed by atoms with Crippen LogP contribution in [0.25, 0.3) is 0 Å². The highest BCUT2D eigenvalue weighted by Crippen LogP contribution is 2.60. The van der Waals surface area contributed by atoms with E-state index in [9.17, 15) is 0 Å². The molecule has 0 radical (unpaired) electrons. The molecule has 0 spiro atoms. The number of unbranched alkanes of at least 4 members (excludes halogenated alkanes) is 2. The molecule has 2 atom stereocenters. The van der Waals surface area contributed by atoms with E-state index in [1.807, 2.05) is 0 Å². The Morgan fingerprint density at radius 2 is 2.07 bits per heavy atom. The van der Waals surface area contributed by atoms with Gasteiger partial charge in [0.25, 0.3) is 0 Å². The molecule has 1 nitrogen and oxygen atoms in total. The number of halogens is 1. The first-order valence-corrected chi connectivity index (χ1v) is 6.42. The van der Waals surface area contributed by atoms with Crippen LogP contribution in [0, 0.1) is 11.3 Å². The van der Waals surface area contributed by atoms with Gasteiger partial charge in [0.05, 0.1) is 0 Å². The maximum Gasteiger partial charge on any atom is 0.00441 e. The van der Waals surface area contributed by atoms with Gasteiger partial charge in [-0.2, -0.15) is 0 Å². The van der Waals surface area contributed by atoms with Crippen LogP contribution in [0.3, 0.4) is 0 Å². The van der Waals surface area contributed by atoms with E-state index in [1.54, 1.807) is 6.42 Å². The minimum absolute atomic E-state index is 0. The molecule has 2 rings (SSSR count). The van der Waals surface area contributed by atoms with Gasteiger partial charge in [0.2, 0.25) is 0 Å². The summed E-state index contributed by atoms with van der Waals surface area (Å²) in [6.07, 6.45) is 7.33. The van der Waals surface area contributed by atoms with Gasteiger partial charge < -0.3 is 4.90 Å². The summed E-state index contributed by atoms with van der Waals surface area (Å²) in [6, 6.07) is 0.769. The van der Waals surface area contributed by atoms with E-state index in [0.717, 1.165) is 17.4 Å². The van der Waals surface area contributed by atoms with Crippen molar-refractivity contribution in [3.8, 4) is 0 Å². The zero-order valence-electron chi connectivity index (χ0n) is 10.5.